The van der Waals surface area contributed by atoms with Crippen molar-refractivity contribution in [1.82, 2.24) is 0 Å². The van der Waals surface area contributed by atoms with Crippen LogP contribution in [0.25, 0.3) is 0 Å². The van der Waals surface area contributed by atoms with E-state index in [1.807, 2.05) is 0 Å². The van der Waals surface area contributed by atoms with Gasteiger partial charge in [-0.3, -0.25) is 4.79 Å². The van der Waals surface area contributed by atoms with E-state index in [0.717, 1.165) is 6.08 Å². The number of carbonyl (C=O) groups is 2. The van der Waals surface area contributed by atoms with Crippen molar-refractivity contribution in [3.8, 4) is 0 Å². The average molecular weight is 240 g/mol. The molecule has 2 unspecified atom stereocenters. The summed E-state index contributed by atoms with van der Waals surface area (Å²) in [5.74, 6) is -7.46. The van der Waals surface area contributed by atoms with Gasteiger partial charge in [-0.05, 0) is 6.08 Å². The fraction of sp³-hybridized carbons (Fsp3) is 0.333. The third kappa shape index (κ3) is 1.71. The molecule has 0 amide bonds. The van der Waals surface area contributed by atoms with Crippen molar-refractivity contribution in [2.75, 3.05) is 7.11 Å². The molecule has 2 aliphatic carbocycles. The zero-order valence-electron chi connectivity index (χ0n) is 9.02. The van der Waals surface area contributed by atoms with E-state index in [1.54, 1.807) is 0 Å². The van der Waals surface area contributed by atoms with Crippen molar-refractivity contribution >= 4 is 11.8 Å². The van der Waals surface area contributed by atoms with Crippen LogP contribution in [-0.2, 0) is 14.3 Å². The van der Waals surface area contributed by atoms with Gasteiger partial charge in [0.15, 0.2) is 0 Å². The predicted molar refractivity (Wildman–Crippen MR) is 55.3 cm³/mol. The van der Waals surface area contributed by atoms with E-state index in [1.165, 1.54) is 31.4 Å². The lowest BCUT2D eigenvalue weighted by molar-refractivity contribution is -0.147. The Kier molecular flexibility index (Phi) is 2.69. The molecule has 5 heteroatoms. The van der Waals surface area contributed by atoms with Crippen LogP contribution >= 0.6 is 0 Å². The molecule has 3 nitrogen and oxygen atoms in total. The lowest BCUT2D eigenvalue weighted by Gasteiger charge is -2.33. The van der Waals surface area contributed by atoms with Crippen LogP contribution in [0.3, 0.4) is 0 Å². The molecule has 0 aromatic carbocycles. The molecule has 17 heavy (non-hydrogen) atoms. The topological polar surface area (TPSA) is 43.4 Å². The summed E-state index contributed by atoms with van der Waals surface area (Å²) in [5.41, 5.74) is 0.142. The number of carbonyl (C=O) groups excluding carboxylic acids is 2. The van der Waals surface area contributed by atoms with E-state index >= 15 is 0 Å². The summed E-state index contributed by atoms with van der Waals surface area (Å²) >= 11 is 0. The van der Waals surface area contributed by atoms with Gasteiger partial charge in [0.05, 0.1) is 13.0 Å². The summed E-state index contributed by atoms with van der Waals surface area (Å²) in [6, 6.07) is 0. The maximum Gasteiger partial charge on any atom is 0.334 e. The van der Waals surface area contributed by atoms with Crippen LogP contribution in [0.2, 0.25) is 0 Å². The van der Waals surface area contributed by atoms with E-state index < -0.39 is 29.5 Å². The number of rotatable bonds is 1. The van der Waals surface area contributed by atoms with Crippen molar-refractivity contribution in [3.63, 3.8) is 0 Å². The number of hydrogen-bond donors (Lipinski definition) is 0. The molecule has 0 saturated carbocycles. The molecule has 0 bridgehead atoms. The summed E-state index contributed by atoms with van der Waals surface area (Å²) in [6.45, 7) is 0. The number of methoxy groups -OCH3 is 1. The minimum absolute atomic E-state index is 0.142. The molecule has 0 fully saturated rings. The molecule has 0 aromatic rings. The van der Waals surface area contributed by atoms with Crippen molar-refractivity contribution in [3.05, 3.63) is 36.0 Å². The van der Waals surface area contributed by atoms with Gasteiger partial charge >= 0.3 is 11.9 Å². The highest BCUT2D eigenvalue weighted by Gasteiger charge is 2.52. The first-order valence-electron chi connectivity index (χ1n) is 5.05. The number of esters is 1. The summed E-state index contributed by atoms with van der Waals surface area (Å²) < 4.78 is 31.8. The maximum atomic E-state index is 13.6. The monoisotopic (exact) mass is 240 g/mol. The minimum atomic E-state index is -3.47. The minimum Gasteiger partial charge on any atom is -0.466 e. The highest BCUT2D eigenvalue weighted by molar-refractivity contribution is 5.99. The molecule has 0 heterocycles. The van der Waals surface area contributed by atoms with E-state index in [4.69, 9.17) is 0 Å². The second kappa shape index (κ2) is 3.91. The summed E-state index contributed by atoms with van der Waals surface area (Å²) in [7, 11) is 1.19. The average Bonchev–Trinajstić information content (AvgIpc) is 2.33. The van der Waals surface area contributed by atoms with E-state index in [9.17, 15) is 18.4 Å². The second-order valence-electron chi connectivity index (χ2n) is 3.90. The Morgan fingerprint density at radius 1 is 1.41 bits per heavy atom. The van der Waals surface area contributed by atoms with Crippen LogP contribution in [0.1, 0.15) is 0 Å². The third-order valence-electron chi connectivity index (χ3n) is 2.96. The molecule has 90 valence electrons. The molecule has 2 atom stereocenters. The number of ether oxygens (including phenoxy) is 1. The fourth-order valence-electron chi connectivity index (χ4n) is 2.06. The summed E-state index contributed by atoms with van der Waals surface area (Å²) in [6.07, 6.45) is 6.20. The Hall–Kier alpha value is -1.78. The standard InChI is InChI=1S/C12H10F2O3/c1-17-11(16)8-3-2-4-9-7(8)5-6-10(15)12(9,13)14/h2-7,9H,1H3. The van der Waals surface area contributed by atoms with Crippen LogP contribution in [0.15, 0.2) is 36.0 Å². The van der Waals surface area contributed by atoms with E-state index in [2.05, 4.69) is 4.74 Å². The molecule has 0 N–H and O–H groups in total. The van der Waals surface area contributed by atoms with E-state index in [0.29, 0.717) is 0 Å². The molecule has 2 rings (SSSR count). The number of allylic oxidation sites excluding steroid dienone is 5. The number of halogens is 2. The summed E-state index contributed by atoms with van der Waals surface area (Å²) in [4.78, 5) is 22.5. The highest BCUT2D eigenvalue weighted by Crippen LogP contribution is 2.42. The zero-order valence-corrected chi connectivity index (χ0v) is 9.02. The first kappa shape index (κ1) is 11.7. The molecular weight excluding hydrogens is 230 g/mol. The number of ketones is 1. The lowest BCUT2D eigenvalue weighted by Crippen LogP contribution is -2.44. The van der Waals surface area contributed by atoms with Crippen molar-refractivity contribution in [2.24, 2.45) is 11.8 Å². The van der Waals surface area contributed by atoms with Gasteiger partial charge in [-0.1, -0.05) is 24.3 Å². The molecular formula is C12H10F2O3. The van der Waals surface area contributed by atoms with Crippen LogP contribution in [0.5, 0.6) is 0 Å². The van der Waals surface area contributed by atoms with Gasteiger partial charge in [-0.2, -0.15) is 8.78 Å². The third-order valence-corrected chi connectivity index (χ3v) is 2.96. The number of fused-ring (bicyclic) bond motifs is 1. The largest absolute Gasteiger partial charge is 0.466 e. The SMILES string of the molecule is COC(=O)C1=CC=CC2C1C=CC(=O)C2(F)F. The van der Waals surface area contributed by atoms with Gasteiger partial charge in [0.2, 0.25) is 5.78 Å². The normalized spacial score (nSPS) is 29.6. The quantitative estimate of drug-likeness (QED) is 0.655. The highest BCUT2D eigenvalue weighted by atomic mass is 19.3. The smallest absolute Gasteiger partial charge is 0.334 e. The Balaban J connectivity index is 2.43. The molecule has 0 saturated heterocycles. The van der Waals surface area contributed by atoms with Gasteiger partial charge in [0.25, 0.3) is 0 Å². The first-order chi connectivity index (χ1) is 7.98. The lowest BCUT2D eigenvalue weighted by atomic mass is 9.74. The van der Waals surface area contributed by atoms with Crippen LogP contribution in [0.4, 0.5) is 8.78 Å². The van der Waals surface area contributed by atoms with Gasteiger partial charge in [-0.15, -0.1) is 0 Å². The second-order valence-corrected chi connectivity index (χ2v) is 3.90. The van der Waals surface area contributed by atoms with E-state index in [-0.39, 0.29) is 5.57 Å². The Morgan fingerprint density at radius 2 is 2.12 bits per heavy atom. The van der Waals surface area contributed by atoms with Crippen LogP contribution in [0, 0.1) is 11.8 Å². The fourth-order valence-corrected chi connectivity index (χ4v) is 2.06. The molecule has 0 aromatic heterocycles. The maximum absolute atomic E-state index is 13.6. The molecule has 0 aliphatic heterocycles. The van der Waals surface area contributed by atoms with Gasteiger partial charge < -0.3 is 4.74 Å². The molecule has 0 spiro atoms. The van der Waals surface area contributed by atoms with Crippen LogP contribution < -0.4 is 0 Å². The van der Waals surface area contributed by atoms with Gasteiger partial charge in [0.1, 0.15) is 0 Å². The zero-order chi connectivity index (χ0) is 12.6. The Bertz CT molecular complexity index is 460. The summed E-state index contributed by atoms with van der Waals surface area (Å²) in [5, 5.41) is 0. The number of alkyl halides is 2. The van der Waals surface area contributed by atoms with Crippen molar-refractivity contribution in [1.29, 1.82) is 0 Å². The number of hydrogen-bond acceptors (Lipinski definition) is 3. The first-order valence-corrected chi connectivity index (χ1v) is 5.05. The van der Waals surface area contributed by atoms with Gasteiger partial charge in [-0.25, -0.2) is 4.79 Å². The van der Waals surface area contributed by atoms with Gasteiger partial charge in [0, 0.05) is 11.5 Å². The Morgan fingerprint density at radius 3 is 2.76 bits per heavy atom. The molecule has 0 radical (unpaired) electrons. The van der Waals surface area contributed by atoms with Crippen molar-refractivity contribution in [2.45, 2.75) is 5.92 Å². The Labute approximate surface area is 96.4 Å². The van der Waals surface area contributed by atoms with Crippen LogP contribution in [-0.4, -0.2) is 24.8 Å². The predicted octanol–water partition coefficient (Wildman–Crippen LogP) is 1.66. The van der Waals surface area contributed by atoms with Crippen molar-refractivity contribution < 1.29 is 23.1 Å². The molecule has 2 aliphatic rings.